The van der Waals surface area contributed by atoms with Crippen molar-refractivity contribution in [3.63, 3.8) is 0 Å². The summed E-state index contributed by atoms with van der Waals surface area (Å²) in [5, 5.41) is 18.1. The van der Waals surface area contributed by atoms with Crippen molar-refractivity contribution in [1.29, 1.82) is 0 Å². The Morgan fingerprint density at radius 1 is 1.39 bits per heavy atom. The van der Waals surface area contributed by atoms with E-state index in [0.717, 1.165) is 24.2 Å². The van der Waals surface area contributed by atoms with E-state index in [1.807, 2.05) is 0 Å². The molecule has 2 N–H and O–H groups in total. The molecule has 0 aliphatic carbocycles. The van der Waals surface area contributed by atoms with Gasteiger partial charge in [0.1, 0.15) is 0 Å². The molecule has 0 saturated carbocycles. The van der Waals surface area contributed by atoms with E-state index in [4.69, 9.17) is 5.11 Å². The fraction of sp³-hybridized carbons (Fsp3) is 0.500. The van der Waals surface area contributed by atoms with Crippen molar-refractivity contribution in [2.45, 2.75) is 19.1 Å². The number of aliphatic hydroxyl groups excluding tert-OH is 1. The van der Waals surface area contributed by atoms with Crippen LogP contribution < -0.4 is 0 Å². The number of carboxylic acid groups (broad SMARTS) is 1. The van der Waals surface area contributed by atoms with Gasteiger partial charge in [-0.05, 0) is 13.8 Å². The maximum Gasteiger partial charge on any atom is 0.413 e. The van der Waals surface area contributed by atoms with Crippen molar-refractivity contribution >= 4 is 29.7 Å². The van der Waals surface area contributed by atoms with Crippen LogP contribution in [-0.2, 0) is 14.3 Å². The molecule has 1 unspecified atom stereocenters. The van der Waals surface area contributed by atoms with Gasteiger partial charge in [0.05, 0.1) is 11.9 Å². The minimum absolute atomic E-state index is 0.123. The zero-order chi connectivity index (χ0) is 14.3. The molecule has 0 aromatic heterocycles. The number of aliphatic hydroxyl groups is 1. The number of nitrogens with zero attached hydrogens (tertiary/aromatic N) is 1. The Morgan fingerprint density at radius 2 is 1.94 bits per heavy atom. The lowest BCUT2D eigenvalue weighted by Gasteiger charge is -2.15. The van der Waals surface area contributed by atoms with Gasteiger partial charge in [-0.2, -0.15) is 0 Å². The van der Waals surface area contributed by atoms with Crippen LogP contribution in [0.2, 0.25) is 0 Å². The Kier molecular flexibility index (Phi) is 6.88. The van der Waals surface area contributed by atoms with Crippen LogP contribution in [0.3, 0.4) is 0 Å². The van der Waals surface area contributed by atoms with E-state index in [2.05, 4.69) is 4.74 Å². The van der Waals surface area contributed by atoms with E-state index >= 15 is 0 Å². The first-order valence-corrected chi connectivity index (χ1v) is 5.97. The normalized spacial score (nSPS) is 12.7. The monoisotopic (exact) mass is 277 g/mol. The van der Waals surface area contributed by atoms with Crippen LogP contribution in [0, 0.1) is 0 Å². The lowest BCUT2D eigenvalue weighted by Crippen LogP contribution is -2.36. The molecule has 0 spiro atoms. The third kappa shape index (κ3) is 5.09. The summed E-state index contributed by atoms with van der Waals surface area (Å²) >= 11 is 0.825. The largest absolute Gasteiger partial charge is 0.501 e. The second kappa shape index (κ2) is 7.59. The fourth-order valence-electron chi connectivity index (χ4n) is 0.845. The number of amides is 2. The Morgan fingerprint density at radius 3 is 2.39 bits per heavy atom. The van der Waals surface area contributed by atoms with Crippen molar-refractivity contribution < 1.29 is 29.3 Å². The summed E-state index contributed by atoms with van der Waals surface area (Å²) in [5.74, 6) is -2.17. The zero-order valence-electron chi connectivity index (χ0n) is 10.2. The lowest BCUT2D eigenvalue weighted by molar-refractivity contribution is -0.141. The number of carbonyl (C=O) groups is 3. The second-order valence-electron chi connectivity index (χ2n) is 3.18. The number of rotatable bonds is 5. The van der Waals surface area contributed by atoms with Gasteiger partial charge in [0, 0.05) is 12.5 Å². The number of hydrogen-bond acceptors (Lipinski definition) is 6. The van der Waals surface area contributed by atoms with Crippen molar-refractivity contribution in [2.75, 3.05) is 13.7 Å². The van der Waals surface area contributed by atoms with Gasteiger partial charge in [-0.15, -0.1) is 11.8 Å². The molecule has 0 aromatic rings. The SMILES string of the molecule is CCOC(=O)C(O)=CSC(C)C(=O)N(C)C(=O)O. The zero-order valence-corrected chi connectivity index (χ0v) is 11.1. The van der Waals surface area contributed by atoms with Crippen LogP contribution in [0.4, 0.5) is 4.79 Å². The van der Waals surface area contributed by atoms with E-state index in [1.54, 1.807) is 6.92 Å². The molecule has 0 bridgehead atoms. The molecule has 2 amide bonds. The molecule has 18 heavy (non-hydrogen) atoms. The first-order valence-electron chi connectivity index (χ1n) is 5.03. The summed E-state index contributed by atoms with van der Waals surface area (Å²) in [6, 6.07) is 0. The molecule has 8 heteroatoms. The molecule has 0 fully saturated rings. The van der Waals surface area contributed by atoms with Gasteiger partial charge < -0.3 is 14.9 Å². The Hall–Kier alpha value is -1.70. The molecule has 7 nitrogen and oxygen atoms in total. The molecule has 102 valence electrons. The van der Waals surface area contributed by atoms with E-state index in [0.29, 0.717) is 4.90 Å². The van der Waals surface area contributed by atoms with Crippen LogP contribution in [-0.4, -0.2) is 52.0 Å². The maximum absolute atomic E-state index is 11.5. The summed E-state index contributed by atoms with van der Waals surface area (Å²) in [6.45, 7) is 3.17. The highest BCUT2D eigenvalue weighted by Crippen LogP contribution is 2.16. The van der Waals surface area contributed by atoms with Gasteiger partial charge in [-0.1, -0.05) is 0 Å². The minimum atomic E-state index is -1.37. The van der Waals surface area contributed by atoms with Crippen LogP contribution in [0.15, 0.2) is 11.2 Å². The third-order valence-electron chi connectivity index (χ3n) is 1.83. The van der Waals surface area contributed by atoms with Crippen LogP contribution in [0.25, 0.3) is 0 Å². The average Bonchev–Trinajstić information content (AvgIpc) is 2.33. The Balaban J connectivity index is 4.45. The van der Waals surface area contributed by atoms with Crippen LogP contribution in [0.5, 0.6) is 0 Å². The Bertz CT molecular complexity index is 367. The molecule has 0 aromatic carbocycles. The maximum atomic E-state index is 11.5. The minimum Gasteiger partial charge on any atom is -0.501 e. The second-order valence-corrected chi connectivity index (χ2v) is 4.40. The highest BCUT2D eigenvalue weighted by atomic mass is 32.2. The van der Waals surface area contributed by atoms with E-state index in [1.165, 1.54) is 6.92 Å². The first kappa shape index (κ1) is 16.3. The summed E-state index contributed by atoms with van der Waals surface area (Å²) in [5.41, 5.74) is 0. The smallest absolute Gasteiger partial charge is 0.413 e. The quantitative estimate of drug-likeness (QED) is 0.442. The number of imide groups is 1. The summed E-state index contributed by atoms with van der Waals surface area (Å²) in [7, 11) is 1.12. The van der Waals surface area contributed by atoms with Gasteiger partial charge in [0.2, 0.25) is 11.7 Å². The molecule has 1 atom stereocenters. The van der Waals surface area contributed by atoms with Gasteiger partial charge in [0.25, 0.3) is 0 Å². The molecule has 0 radical (unpaired) electrons. The molecule has 0 aliphatic heterocycles. The highest BCUT2D eigenvalue weighted by molar-refractivity contribution is 8.03. The first-order chi connectivity index (χ1) is 8.31. The molecule has 0 aliphatic rings. The highest BCUT2D eigenvalue weighted by Gasteiger charge is 2.22. The number of carbonyl (C=O) groups excluding carboxylic acids is 2. The number of ether oxygens (including phenoxy) is 1. The van der Waals surface area contributed by atoms with Gasteiger partial charge >= 0.3 is 12.1 Å². The van der Waals surface area contributed by atoms with Crippen molar-refractivity contribution in [1.82, 2.24) is 4.90 Å². The molecule has 0 heterocycles. The van der Waals surface area contributed by atoms with E-state index < -0.39 is 29.0 Å². The topological polar surface area (TPSA) is 104 Å². The van der Waals surface area contributed by atoms with Gasteiger partial charge in [-0.25, -0.2) is 14.5 Å². The van der Waals surface area contributed by atoms with Crippen molar-refractivity contribution in [2.24, 2.45) is 0 Å². The summed E-state index contributed by atoms with van der Waals surface area (Å²) in [6.07, 6.45) is -1.37. The molecular weight excluding hydrogens is 262 g/mol. The average molecular weight is 277 g/mol. The summed E-state index contributed by atoms with van der Waals surface area (Å²) in [4.78, 5) is 33.6. The van der Waals surface area contributed by atoms with Crippen LogP contribution >= 0.6 is 11.8 Å². The standard InChI is InChI=1S/C10H15NO6S/c1-4-17-9(14)7(12)5-18-6(2)8(13)11(3)10(15)16/h5-6,12H,4H2,1-3H3,(H,15,16). The molecular formula is C10H15NO6S. The van der Waals surface area contributed by atoms with Crippen LogP contribution in [0.1, 0.15) is 13.8 Å². The predicted octanol–water partition coefficient (Wildman–Crippen LogP) is 1.21. The fourth-order valence-corrected chi connectivity index (χ4v) is 1.55. The Labute approximate surface area is 108 Å². The van der Waals surface area contributed by atoms with Gasteiger partial charge in [-0.3, -0.25) is 4.79 Å². The lowest BCUT2D eigenvalue weighted by atomic mass is 10.4. The number of hydrogen-bond donors (Lipinski definition) is 2. The third-order valence-corrected chi connectivity index (χ3v) is 2.80. The van der Waals surface area contributed by atoms with Crippen molar-refractivity contribution in [3.8, 4) is 0 Å². The van der Waals surface area contributed by atoms with Gasteiger partial charge in [0.15, 0.2) is 0 Å². The van der Waals surface area contributed by atoms with E-state index in [-0.39, 0.29) is 6.61 Å². The molecule has 0 rings (SSSR count). The number of thioether (sulfide) groups is 1. The molecule has 0 saturated heterocycles. The van der Waals surface area contributed by atoms with E-state index in [9.17, 15) is 19.5 Å². The number of esters is 1. The van der Waals surface area contributed by atoms with Crippen molar-refractivity contribution in [3.05, 3.63) is 11.2 Å². The summed E-state index contributed by atoms with van der Waals surface area (Å²) < 4.78 is 4.52. The predicted molar refractivity (Wildman–Crippen MR) is 65.2 cm³/mol.